The molecule has 0 unspecified atom stereocenters. The molecule has 26 heavy (non-hydrogen) atoms. The van der Waals surface area contributed by atoms with E-state index in [1.54, 1.807) is 30.7 Å². The van der Waals surface area contributed by atoms with E-state index in [1.807, 2.05) is 12.1 Å². The Morgan fingerprint density at radius 3 is 2.42 bits per heavy atom. The van der Waals surface area contributed by atoms with E-state index in [1.165, 1.54) is 0 Å². The number of carbonyl (C=O) groups excluding carboxylic acids is 1. The van der Waals surface area contributed by atoms with E-state index in [-0.39, 0.29) is 12.1 Å². The number of rotatable bonds is 4. The molecule has 8 heteroatoms. The Bertz CT molecular complexity index is 879. The van der Waals surface area contributed by atoms with Crippen LogP contribution >= 0.6 is 0 Å². The average Bonchev–Trinajstić information content (AvgIpc) is 2.66. The maximum atomic E-state index is 12.5. The van der Waals surface area contributed by atoms with Gasteiger partial charge in [0.15, 0.2) is 0 Å². The number of pyridine rings is 3. The van der Waals surface area contributed by atoms with Crippen LogP contribution in [0.2, 0.25) is 0 Å². The minimum Gasteiger partial charge on any atom is -0.348 e. The third-order valence-electron chi connectivity index (χ3n) is 3.55. The molecule has 0 aliphatic carbocycles. The van der Waals surface area contributed by atoms with E-state index < -0.39 is 17.8 Å². The summed E-state index contributed by atoms with van der Waals surface area (Å²) in [6.07, 6.45) is 1.36. The molecule has 3 heterocycles. The van der Waals surface area contributed by atoms with Crippen LogP contribution in [0.3, 0.4) is 0 Å². The van der Waals surface area contributed by atoms with Crippen molar-refractivity contribution in [2.45, 2.75) is 12.7 Å². The highest BCUT2D eigenvalue weighted by atomic mass is 19.4. The van der Waals surface area contributed by atoms with Crippen molar-refractivity contribution in [3.8, 4) is 11.3 Å². The van der Waals surface area contributed by atoms with Crippen LogP contribution in [0.15, 0.2) is 61.2 Å². The minimum atomic E-state index is -4.53. The van der Waals surface area contributed by atoms with Gasteiger partial charge in [-0.15, -0.1) is 0 Å². The van der Waals surface area contributed by atoms with Gasteiger partial charge >= 0.3 is 6.18 Å². The van der Waals surface area contributed by atoms with E-state index in [4.69, 9.17) is 0 Å². The molecule has 132 valence electrons. The van der Waals surface area contributed by atoms with E-state index >= 15 is 0 Å². The van der Waals surface area contributed by atoms with Crippen LogP contribution in [-0.4, -0.2) is 20.9 Å². The molecule has 0 bridgehead atoms. The Kier molecular flexibility index (Phi) is 4.92. The molecule has 0 atom stereocenters. The van der Waals surface area contributed by atoms with Gasteiger partial charge in [-0.25, -0.2) is 0 Å². The van der Waals surface area contributed by atoms with Gasteiger partial charge in [-0.1, -0.05) is 6.07 Å². The minimum absolute atomic E-state index is 0.0536. The summed E-state index contributed by atoms with van der Waals surface area (Å²) in [6.45, 7) is 0.195. The van der Waals surface area contributed by atoms with Gasteiger partial charge in [0.1, 0.15) is 5.69 Å². The van der Waals surface area contributed by atoms with Crippen molar-refractivity contribution in [2.75, 3.05) is 0 Å². The van der Waals surface area contributed by atoms with Crippen LogP contribution < -0.4 is 5.32 Å². The second-order valence-corrected chi connectivity index (χ2v) is 5.41. The van der Waals surface area contributed by atoms with Crippen LogP contribution in [0.25, 0.3) is 11.3 Å². The van der Waals surface area contributed by atoms with Crippen molar-refractivity contribution < 1.29 is 18.0 Å². The quantitative estimate of drug-likeness (QED) is 0.775. The Hall–Kier alpha value is -3.29. The molecule has 0 aromatic carbocycles. The van der Waals surface area contributed by atoms with Gasteiger partial charge in [-0.2, -0.15) is 13.2 Å². The molecule has 1 N–H and O–H groups in total. The Morgan fingerprint density at radius 2 is 1.85 bits per heavy atom. The normalized spacial score (nSPS) is 11.2. The van der Waals surface area contributed by atoms with Crippen molar-refractivity contribution in [1.29, 1.82) is 0 Å². The summed E-state index contributed by atoms with van der Waals surface area (Å²) in [5.74, 6) is -0.512. The van der Waals surface area contributed by atoms with Gasteiger partial charge in [0, 0.05) is 36.9 Å². The summed E-state index contributed by atoms with van der Waals surface area (Å²) in [5.41, 5.74) is 1.40. The second kappa shape index (κ2) is 7.30. The number of alkyl halides is 3. The molecule has 0 radical (unpaired) electrons. The smallest absolute Gasteiger partial charge is 0.348 e. The third kappa shape index (κ3) is 4.21. The summed E-state index contributed by atoms with van der Waals surface area (Å²) in [4.78, 5) is 23.6. The number of nitrogens with zero attached hydrogens (tertiary/aromatic N) is 3. The SMILES string of the molecule is O=C(NCc1ccc(-c2cccnc2)nc1)c1ccc(C(F)(F)F)nc1. The first kappa shape index (κ1) is 17.5. The number of aromatic nitrogens is 3. The standard InChI is InChI=1S/C18H13F3N4O/c19-18(20,21)16-6-4-14(11-24-16)17(26)25-9-12-3-5-15(23-8-12)13-2-1-7-22-10-13/h1-8,10-11H,9H2,(H,25,26). The zero-order chi connectivity index (χ0) is 18.6. The molecule has 0 saturated heterocycles. The summed E-state index contributed by atoms with van der Waals surface area (Å²) in [5, 5.41) is 2.62. The van der Waals surface area contributed by atoms with Gasteiger partial charge < -0.3 is 5.32 Å². The monoisotopic (exact) mass is 358 g/mol. The van der Waals surface area contributed by atoms with Crippen LogP contribution in [0.1, 0.15) is 21.6 Å². The molecule has 1 amide bonds. The highest BCUT2D eigenvalue weighted by Crippen LogP contribution is 2.27. The molecule has 0 fully saturated rings. The van der Waals surface area contributed by atoms with Crippen LogP contribution in [0, 0.1) is 0 Å². The molecule has 3 rings (SSSR count). The predicted octanol–water partition coefficient (Wildman–Crippen LogP) is 3.49. The summed E-state index contributed by atoms with van der Waals surface area (Å²) >= 11 is 0. The fraction of sp³-hybridized carbons (Fsp3) is 0.111. The lowest BCUT2D eigenvalue weighted by Gasteiger charge is -2.08. The van der Waals surface area contributed by atoms with Crippen LogP contribution in [0.4, 0.5) is 13.2 Å². The number of amides is 1. The highest BCUT2D eigenvalue weighted by Gasteiger charge is 2.32. The topological polar surface area (TPSA) is 67.8 Å². The molecule has 0 saturated carbocycles. The van der Waals surface area contributed by atoms with Crippen molar-refractivity contribution in [3.63, 3.8) is 0 Å². The number of carbonyl (C=O) groups is 1. The lowest BCUT2D eigenvalue weighted by molar-refractivity contribution is -0.141. The summed E-state index contributed by atoms with van der Waals surface area (Å²) in [7, 11) is 0. The molecule has 0 spiro atoms. The Balaban J connectivity index is 1.61. The molecule has 0 aliphatic rings. The van der Waals surface area contributed by atoms with E-state index in [2.05, 4.69) is 20.3 Å². The van der Waals surface area contributed by atoms with Gasteiger partial charge in [0.2, 0.25) is 0 Å². The molecule has 3 aromatic rings. The van der Waals surface area contributed by atoms with Crippen molar-refractivity contribution >= 4 is 5.91 Å². The Morgan fingerprint density at radius 1 is 1.00 bits per heavy atom. The van der Waals surface area contributed by atoms with E-state index in [9.17, 15) is 18.0 Å². The summed E-state index contributed by atoms with van der Waals surface area (Å²) in [6, 6.07) is 9.17. The fourth-order valence-corrected chi connectivity index (χ4v) is 2.19. The van der Waals surface area contributed by atoms with E-state index in [0.29, 0.717) is 0 Å². The number of halogens is 3. The van der Waals surface area contributed by atoms with Crippen LogP contribution in [-0.2, 0) is 12.7 Å². The highest BCUT2D eigenvalue weighted by molar-refractivity contribution is 5.93. The zero-order valence-corrected chi connectivity index (χ0v) is 13.4. The van der Waals surface area contributed by atoms with Crippen molar-refractivity contribution in [2.24, 2.45) is 0 Å². The van der Waals surface area contributed by atoms with Crippen molar-refractivity contribution in [1.82, 2.24) is 20.3 Å². The average molecular weight is 358 g/mol. The van der Waals surface area contributed by atoms with Crippen molar-refractivity contribution in [3.05, 3.63) is 78.0 Å². The lowest BCUT2D eigenvalue weighted by Crippen LogP contribution is -2.23. The molecule has 3 aromatic heterocycles. The van der Waals surface area contributed by atoms with Crippen LogP contribution in [0.5, 0.6) is 0 Å². The number of hydrogen-bond acceptors (Lipinski definition) is 4. The maximum Gasteiger partial charge on any atom is 0.433 e. The zero-order valence-electron chi connectivity index (χ0n) is 13.4. The fourth-order valence-electron chi connectivity index (χ4n) is 2.19. The molecular formula is C18H13F3N4O. The Labute approximate surface area is 147 Å². The third-order valence-corrected chi connectivity index (χ3v) is 3.55. The first-order valence-corrected chi connectivity index (χ1v) is 7.60. The number of hydrogen-bond donors (Lipinski definition) is 1. The maximum absolute atomic E-state index is 12.5. The first-order chi connectivity index (χ1) is 12.4. The summed E-state index contributed by atoms with van der Waals surface area (Å²) < 4.78 is 37.4. The van der Waals surface area contributed by atoms with Gasteiger partial charge in [0.25, 0.3) is 5.91 Å². The first-order valence-electron chi connectivity index (χ1n) is 7.60. The second-order valence-electron chi connectivity index (χ2n) is 5.41. The molecule has 5 nitrogen and oxygen atoms in total. The molecular weight excluding hydrogens is 345 g/mol. The van der Waals surface area contributed by atoms with Gasteiger partial charge in [-0.05, 0) is 35.9 Å². The largest absolute Gasteiger partial charge is 0.433 e. The van der Waals surface area contributed by atoms with Gasteiger partial charge in [0.05, 0.1) is 11.3 Å². The molecule has 0 aliphatic heterocycles. The van der Waals surface area contributed by atoms with Gasteiger partial charge in [-0.3, -0.25) is 19.7 Å². The van der Waals surface area contributed by atoms with E-state index in [0.717, 1.165) is 35.2 Å². The predicted molar refractivity (Wildman–Crippen MR) is 87.9 cm³/mol. The number of nitrogens with one attached hydrogen (secondary N) is 1. The lowest BCUT2D eigenvalue weighted by atomic mass is 10.1.